The third kappa shape index (κ3) is 6.20. The number of methoxy groups -OCH3 is 1. The molecule has 0 aliphatic rings. The van der Waals surface area contributed by atoms with Crippen LogP contribution in [-0.4, -0.2) is 43.3 Å². The number of ether oxygens (including phenoxy) is 1. The lowest BCUT2D eigenvalue weighted by Crippen LogP contribution is -2.25. The van der Waals surface area contributed by atoms with Crippen LogP contribution < -0.4 is 0 Å². The van der Waals surface area contributed by atoms with Crippen LogP contribution in [0.5, 0.6) is 0 Å². The highest BCUT2D eigenvalue weighted by Gasteiger charge is 2.10. The van der Waals surface area contributed by atoms with E-state index in [0.717, 1.165) is 16.9 Å². The highest BCUT2D eigenvalue weighted by atomic mass is 32.1. The summed E-state index contributed by atoms with van der Waals surface area (Å²) in [5.74, 6) is 6.01. The zero-order chi connectivity index (χ0) is 14.8. The zero-order valence-corrected chi connectivity index (χ0v) is 12.8. The van der Waals surface area contributed by atoms with Crippen molar-refractivity contribution >= 4 is 17.2 Å². The van der Waals surface area contributed by atoms with E-state index in [4.69, 9.17) is 9.84 Å². The van der Waals surface area contributed by atoms with Crippen LogP contribution in [-0.2, 0) is 16.1 Å². The molecule has 5 heteroatoms. The quantitative estimate of drug-likeness (QED) is 0.617. The standard InChI is InChI=1S/C15H21NO3S/c1-16(15(18)7-5-9-19-2)11-14-10-13(12-20-14)6-3-4-8-17/h10,12,17H,4-5,7-9,11H2,1-2H3. The van der Waals surface area contributed by atoms with E-state index < -0.39 is 0 Å². The fraction of sp³-hybridized carbons (Fsp3) is 0.533. The van der Waals surface area contributed by atoms with Crippen LogP contribution in [0.3, 0.4) is 0 Å². The summed E-state index contributed by atoms with van der Waals surface area (Å²) in [5, 5.41) is 10.6. The van der Waals surface area contributed by atoms with Crippen LogP contribution in [0.25, 0.3) is 0 Å². The van der Waals surface area contributed by atoms with Gasteiger partial charge >= 0.3 is 0 Å². The molecular weight excluding hydrogens is 274 g/mol. The second kappa shape index (κ2) is 9.54. The van der Waals surface area contributed by atoms with Crippen LogP contribution >= 0.6 is 11.3 Å². The molecule has 0 aliphatic carbocycles. The summed E-state index contributed by atoms with van der Waals surface area (Å²) in [4.78, 5) is 14.7. The molecule has 1 N–H and O–H groups in total. The van der Waals surface area contributed by atoms with Crippen molar-refractivity contribution in [3.05, 3.63) is 21.9 Å². The second-order valence-corrected chi connectivity index (χ2v) is 5.42. The minimum Gasteiger partial charge on any atom is -0.395 e. The van der Waals surface area contributed by atoms with Crippen LogP contribution in [0.1, 0.15) is 29.7 Å². The summed E-state index contributed by atoms with van der Waals surface area (Å²) >= 11 is 1.60. The fourth-order valence-electron chi connectivity index (χ4n) is 1.63. The molecule has 1 amide bonds. The van der Waals surface area contributed by atoms with Crippen molar-refractivity contribution in [2.45, 2.75) is 25.8 Å². The summed E-state index contributed by atoms with van der Waals surface area (Å²) in [7, 11) is 3.45. The topological polar surface area (TPSA) is 49.8 Å². The van der Waals surface area contributed by atoms with Gasteiger partial charge in [-0.2, -0.15) is 0 Å². The fourth-order valence-corrected chi connectivity index (χ4v) is 2.50. The second-order valence-electron chi connectivity index (χ2n) is 4.42. The Morgan fingerprint density at radius 1 is 1.55 bits per heavy atom. The van der Waals surface area contributed by atoms with Gasteiger partial charge in [-0.25, -0.2) is 0 Å². The first kappa shape index (κ1) is 16.7. The molecular formula is C15H21NO3S. The van der Waals surface area contributed by atoms with Gasteiger partial charge in [0.25, 0.3) is 0 Å². The van der Waals surface area contributed by atoms with E-state index in [1.54, 1.807) is 23.3 Å². The van der Waals surface area contributed by atoms with Crippen molar-refractivity contribution in [1.29, 1.82) is 0 Å². The van der Waals surface area contributed by atoms with Gasteiger partial charge in [0.2, 0.25) is 5.91 Å². The lowest BCUT2D eigenvalue weighted by atomic mass is 10.2. The predicted octanol–water partition coefficient (Wildman–Crippen LogP) is 1.87. The minimum absolute atomic E-state index is 0.0860. The Balaban J connectivity index is 2.44. The van der Waals surface area contributed by atoms with Gasteiger partial charge in [0.15, 0.2) is 0 Å². The minimum atomic E-state index is 0.0860. The normalized spacial score (nSPS) is 9.95. The lowest BCUT2D eigenvalue weighted by Gasteiger charge is -2.15. The molecule has 0 fully saturated rings. The first-order chi connectivity index (χ1) is 9.67. The molecule has 0 bridgehead atoms. The van der Waals surface area contributed by atoms with E-state index >= 15 is 0 Å². The molecule has 0 saturated carbocycles. The van der Waals surface area contributed by atoms with Gasteiger partial charge in [0.1, 0.15) is 0 Å². The summed E-state index contributed by atoms with van der Waals surface area (Å²) < 4.78 is 4.94. The SMILES string of the molecule is COCCCC(=O)N(C)Cc1cc(C#CCCO)cs1. The van der Waals surface area contributed by atoms with Crippen LogP contribution in [0, 0.1) is 11.8 Å². The first-order valence-electron chi connectivity index (χ1n) is 6.57. The van der Waals surface area contributed by atoms with Crippen molar-refractivity contribution < 1.29 is 14.6 Å². The Morgan fingerprint density at radius 2 is 2.35 bits per heavy atom. The van der Waals surface area contributed by atoms with Crippen molar-refractivity contribution in [3.63, 3.8) is 0 Å². The Morgan fingerprint density at radius 3 is 3.05 bits per heavy atom. The molecule has 1 rings (SSSR count). The van der Waals surface area contributed by atoms with Crippen molar-refractivity contribution in [1.82, 2.24) is 4.90 Å². The molecule has 0 spiro atoms. The smallest absolute Gasteiger partial charge is 0.222 e. The van der Waals surface area contributed by atoms with Gasteiger partial charge in [-0.3, -0.25) is 4.79 Å². The molecule has 20 heavy (non-hydrogen) atoms. The lowest BCUT2D eigenvalue weighted by molar-refractivity contribution is -0.130. The molecule has 4 nitrogen and oxygen atoms in total. The van der Waals surface area contributed by atoms with E-state index in [0.29, 0.717) is 26.0 Å². The maximum Gasteiger partial charge on any atom is 0.222 e. The third-order valence-electron chi connectivity index (χ3n) is 2.68. The van der Waals surface area contributed by atoms with Gasteiger partial charge in [-0.1, -0.05) is 11.8 Å². The molecule has 110 valence electrons. The number of nitrogens with zero attached hydrogens (tertiary/aromatic N) is 1. The summed E-state index contributed by atoms with van der Waals surface area (Å²) in [6.45, 7) is 1.31. The van der Waals surface area contributed by atoms with Crippen molar-refractivity contribution in [3.8, 4) is 11.8 Å². The van der Waals surface area contributed by atoms with Gasteiger partial charge < -0.3 is 14.7 Å². The Hall–Kier alpha value is -1.35. The Bertz CT molecular complexity index is 473. The number of amides is 1. The van der Waals surface area contributed by atoms with Gasteiger partial charge in [-0.15, -0.1) is 11.3 Å². The number of aliphatic hydroxyl groups excluding tert-OH is 1. The van der Waals surface area contributed by atoms with Gasteiger partial charge in [-0.05, 0) is 12.5 Å². The molecule has 0 radical (unpaired) electrons. The van der Waals surface area contributed by atoms with Crippen molar-refractivity contribution in [2.75, 3.05) is 27.4 Å². The summed E-state index contributed by atoms with van der Waals surface area (Å²) in [5.41, 5.74) is 0.943. The van der Waals surface area contributed by atoms with E-state index in [1.807, 2.05) is 18.5 Å². The maximum atomic E-state index is 11.9. The van der Waals surface area contributed by atoms with E-state index in [1.165, 1.54) is 0 Å². The summed E-state index contributed by atoms with van der Waals surface area (Å²) in [6, 6.07) is 1.99. The zero-order valence-electron chi connectivity index (χ0n) is 12.0. The van der Waals surface area contributed by atoms with E-state index in [-0.39, 0.29) is 12.5 Å². The van der Waals surface area contributed by atoms with Gasteiger partial charge in [0.05, 0.1) is 13.2 Å². The Kier molecular flexibility index (Phi) is 7.97. The molecule has 1 aromatic rings. The van der Waals surface area contributed by atoms with Gasteiger partial charge in [0, 0.05) is 49.4 Å². The number of carbonyl (C=O) groups is 1. The highest BCUT2D eigenvalue weighted by molar-refractivity contribution is 7.10. The molecule has 0 unspecified atom stereocenters. The van der Waals surface area contributed by atoms with Crippen LogP contribution in [0.4, 0.5) is 0 Å². The highest BCUT2D eigenvalue weighted by Crippen LogP contribution is 2.16. The number of rotatable bonds is 7. The monoisotopic (exact) mass is 295 g/mol. The number of hydrogen-bond donors (Lipinski definition) is 1. The Labute approximate surface area is 124 Å². The van der Waals surface area contributed by atoms with E-state index in [9.17, 15) is 4.79 Å². The van der Waals surface area contributed by atoms with Crippen LogP contribution in [0.15, 0.2) is 11.4 Å². The summed E-state index contributed by atoms with van der Waals surface area (Å²) in [6.07, 6.45) is 1.75. The molecule has 0 saturated heterocycles. The molecule has 1 aromatic heterocycles. The number of thiophene rings is 1. The molecule has 0 aromatic carbocycles. The first-order valence-corrected chi connectivity index (χ1v) is 7.45. The number of aliphatic hydroxyl groups is 1. The average Bonchev–Trinajstić information content (AvgIpc) is 2.86. The third-order valence-corrected chi connectivity index (χ3v) is 3.60. The molecule has 0 atom stereocenters. The maximum absolute atomic E-state index is 11.9. The average molecular weight is 295 g/mol. The largest absolute Gasteiger partial charge is 0.395 e. The predicted molar refractivity (Wildman–Crippen MR) is 80.5 cm³/mol. The number of carbonyl (C=O) groups excluding carboxylic acids is 1. The van der Waals surface area contributed by atoms with Crippen LogP contribution in [0.2, 0.25) is 0 Å². The van der Waals surface area contributed by atoms with Crippen molar-refractivity contribution in [2.24, 2.45) is 0 Å². The van der Waals surface area contributed by atoms with E-state index in [2.05, 4.69) is 11.8 Å². The molecule has 1 heterocycles. The molecule has 0 aliphatic heterocycles. The number of hydrogen-bond acceptors (Lipinski definition) is 4.